The van der Waals surface area contributed by atoms with Crippen LogP contribution in [0.2, 0.25) is 0 Å². The summed E-state index contributed by atoms with van der Waals surface area (Å²) in [5.41, 5.74) is 2.06. The van der Waals surface area contributed by atoms with Gasteiger partial charge in [0.15, 0.2) is 5.96 Å². The number of aromatic nitrogens is 1. The molecule has 1 aromatic carbocycles. The maximum atomic E-state index is 4.78. The molecule has 108 valence electrons. The van der Waals surface area contributed by atoms with Crippen molar-refractivity contribution in [3.63, 3.8) is 0 Å². The molecule has 0 aliphatic carbocycles. The summed E-state index contributed by atoms with van der Waals surface area (Å²) in [6.07, 6.45) is 1.56. The highest BCUT2D eigenvalue weighted by Gasteiger charge is 2.07. The summed E-state index contributed by atoms with van der Waals surface area (Å²) < 4.78 is 4.78. The second-order valence-corrected chi connectivity index (χ2v) is 4.19. The Bertz CT molecular complexity index is 513. The average molecular weight is 386 g/mol. The van der Waals surface area contributed by atoms with Crippen LogP contribution in [-0.2, 0) is 6.54 Å². The Hall–Kier alpha value is -1.57. The first kappa shape index (κ1) is 16.5. The largest absolute Gasteiger partial charge is 0.364 e. The van der Waals surface area contributed by atoms with Crippen LogP contribution >= 0.6 is 24.0 Å². The van der Waals surface area contributed by atoms with Gasteiger partial charge in [-0.05, 0) is 12.5 Å². The third kappa shape index (κ3) is 4.84. The zero-order chi connectivity index (χ0) is 13.5. The van der Waals surface area contributed by atoms with Crippen LogP contribution in [0.5, 0.6) is 0 Å². The highest BCUT2D eigenvalue weighted by atomic mass is 127. The van der Waals surface area contributed by atoms with E-state index in [1.807, 2.05) is 24.3 Å². The average Bonchev–Trinajstić information content (AvgIpc) is 2.97. The molecule has 2 aromatic rings. The van der Waals surface area contributed by atoms with Gasteiger partial charge < -0.3 is 15.2 Å². The molecule has 0 saturated heterocycles. The molecule has 0 saturated carbocycles. The van der Waals surface area contributed by atoms with E-state index in [-0.39, 0.29) is 30.0 Å². The Labute approximate surface area is 135 Å². The Morgan fingerprint density at radius 3 is 2.65 bits per heavy atom. The maximum Gasteiger partial charge on any atom is 0.191 e. The number of halogens is 1. The third-order valence-corrected chi connectivity index (χ3v) is 2.80. The lowest BCUT2D eigenvalue weighted by atomic mass is 10.1. The summed E-state index contributed by atoms with van der Waals surface area (Å²) in [6, 6.07) is 12.2. The topological polar surface area (TPSA) is 62.5 Å². The molecule has 6 heteroatoms. The van der Waals surface area contributed by atoms with Gasteiger partial charge in [0.2, 0.25) is 0 Å². The molecule has 2 N–H and O–H groups in total. The molecule has 0 aliphatic rings. The molecule has 5 nitrogen and oxygen atoms in total. The van der Waals surface area contributed by atoms with Gasteiger partial charge >= 0.3 is 0 Å². The number of hydrogen-bond acceptors (Lipinski definition) is 3. The quantitative estimate of drug-likeness (QED) is 0.482. The maximum absolute atomic E-state index is 4.78. The Balaban J connectivity index is 0.00000200. The van der Waals surface area contributed by atoms with Crippen LogP contribution < -0.4 is 10.6 Å². The van der Waals surface area contributed by atoms with Crippen LogP contribution in [0.1, 0.15) is 24.2 Å². The molecule has 1 unspecified atom stereocenters. The van der Waals surface area contributed by atoms with Gasteiger partial charge in [0, 0.05) is 13.1 Å². The number of hydrogen-bond donors (Lipinski definition) is 2. The van der Waals surface area contributed by atoms with Crippen LogP contribution in [0.3, 0.4) is 0 Å². The molecule has 0 fully saturated rings. The van der Waals surface area contributed by atoms with Crippen LogP contribution in [0.4, 0.5) is 0 Å². The van der Waals surface area contributed by atoms with Crippen molar-refractivity contribution in [2.24, 2.45) is 4.99 Å². The van der Waals surface area contributed by atoms with Crippen molar-refractivity contribution >= 4 is 29.9 Å². The van der Waals surface area contributed by atoms with Crippen molar-refractivity contribution in [3.05, 3.63) is 53.9 Å². The minimum Gasteiger partial charge on any atom is -0.364 e. The summed E-state index contributed by atoms with van der Waals surface area (Å²) in [4.78, 5) is 4.19. The van der Waals surface area contributed by atoms with Crippen molar-refractivity contribution in [1.29, 1.82) is 0 Å². The predicted molar refractivity (Wildman–Crippen MR) is 90.1 cm³/mol. The first-order valence-corrected chi connectivity index (χ1v) is 6.21. The molecule has 0 spiro atoms. The first-order chi connectivity index (χ1) is 9.29. The Morgan fingerprint density at radius 1 is 1.30 bits per heavy atom. The summed E-state index contributed by atoms with van der Waals surface area (Å²) in [7, 11) is 1.75. The lowest BCUT2D eigenvalue weighted by molar-refractivity contribution is 0.410. The van der Waals surface area contributed by atoms with E-state index in [4.69, 9.17) is 4.52 Å². The van der Waals surface area contributed by atoms with Crippen LogP contribution in [0.15, 0.2) is 52.2 Å². The van der Waals surface area contributed by atoms with Crippen LogP contribution in [0, 0.1) is 0 Å². The van der Waals surface area contributed by atoms with Gasteiger partial charge in [0.05, 0.1) is 12.6 Å². The fourth-order valence-corrected chi connectivity index (χ4v) is 1.73. The van der Waals surface area contributed by atoms with Crippen LogP contribution in [-0.4, -0.2) is 18.2 Å². The van der Waals surface area contributed by atoms with Crippen molar-refractivity contribution in [2.45, 2.75) is 19.5 Å². The molecule has 20 heavy (non-hydrogen) atoms. The van der Waals surface area contributed by atoms with Gasteiger partial charge in [-0.25, -0.2) is 0 Å². The van der Waals surface area contributed by atoms with Gasteiger partial charge in [0.1, 0.15) is 12.0 Å². The second kappa shape index (κ2) is 8.57. The lowest BCUT2D eigenvalue weighted by Gasteiger charge is -2.17. The highest BCUT2D eigenvalue weighted by molar-refractivity contribution is 14.0. The molecule has 2 rings (SSSR count). The van der Waals surface area contributed by atoms with E-state index < -0.39 is 0 Å². The number of aliphatic imine (C=N–C) groups is 1. The van der Waals surface area contributed by atoms with E-state index in [0.29, 0.717) is 6.54 Å². The van der Waals surface area contributed by atoms with Gasteiger partial charge in [-0.3, -0.25) is 4.99 Å². The molecule has 1 heterocycles. The fourth-order valence-electron chi connectivity index (χ4n) is 1.73. The number of rotatable bonds is 4. The number of nitrogens with zero attached hydrogens (tertiary/aromatic N) is 2. The number of benzene rings is 1. The molecule has 0 radical (unpaired) electrons. The van der Waals surface area contributed by atoms with Gasteiger partial charge in [-0.2, -0.15) is 0 Å². The fraction of sp³-hybridized carbons (Fsp3) is 0.286. The lowest BCUT2D eigenvalue weighted by Crippen LogP contribution is -2.38. The van der Waals surface area contributed by atoms with E-state index in [9.17, 15) is 0 Å². The summed E-state index contributed by atoms with van der Waals surface area (Å²) in [5, 5.41) is 10.4. The predicted octanol–water partition coefficient (Wildman–Crippen LogP) is 2.72. The minimum absolute atomic E-state index is 0. The van der Waals surface area contributed by atoms with E-state index in [1.165, 1.54) is 5.56 Å². The third-order valence-electron chi connectivity index (χ3n) is 2.80. The van der Waals surface area contributed by atoms with Crippen molar-refractivity contribution < 1.29 is 4.52 Å². The zero-order valence-electron chi connectivity index (χ0n) is 11.5. The molecule has 0 bridgehead atoms. The van der Waals surface area contributed by atoms with E-state index >= 15 is 0 Å². The molecular formula is C14H19IN4O. The van der Waals surface area contributed by atoms with Gasteiger partial charge in [-0.15, -0.1) is 24.0 Å². The summed E-state index contributed by atoms with van der Waals surface area (Å²) in [5.74, 6) is 0.736. The van der Waals surface area contributed by atoms with Crippen molar-refractivity contribution in [3.8, 4) is 0 Å². The molecule has 1 atom stereocenters. The summed E-state index contributed by atoms with van der Waals surface area (Å²) >= 11 is 0. The second-order valence-electron chi connectivity index (χ2n) is 4.19. The van der Waals surface area contributed by atoms with Crippen LogP contribution in [0.25, 0.3) is 0 Å². The van der Waals surface area contributed by atoms with Gasteiger partial charge in [-0.1, -0.05) is 35.5 Å². The van der Waals surface area contributed by atoms with E-state index in [1.54, 1.807) is 13.3 Å². The summed E-state index contributed by atoms with van der Waals surface area (Å²) in [6.45, 7) is 2.68. The number of guanidine groups is 1. The van der Waals surface area contributed by atoms with E-state index in [0.717, 1.165) is 11.7 Å². The van der Waals surface area contributed by atoms with Crippen molar-refractivity contribution in [1.82, 2.24) is 15.8 Å². The molecular weight excluding hydrogens is 367 g/mol. The monoisotopic (exact) mass is 386 g/mol. The van der Waals surface area contributed by atoms with Gasteiger partial charge in [0.25, 0.3) is 0 Å². The van der Waals surface area contributed by atoms with E-state index in [2.05, 4.69) is 39.8 Å². The Kier molecular flexibility index (Phi) is 7.06. The minimum atomic E-state index is 0. The molecule has 0 amide bonds. The normalized spacial score (nSPS) is 12.4. The smallest absolute Gasteiger partial charge is 0.191 e. The molecule has 1 aromatic heterocycles. The Morgan fingerprint density at radius 2 is 2.05 bits per heavy atom. The SMILES string of the molecule is CN=C(NCc1ccon1)NC(C)c1ccccc1.I. The molecule has 0 aliphatic heterocycles. The zero-order valence-corrected chi connectivity index (χ0v) is 13.9. The van der Waals surface area contributed by atoms with Crippen molar-refractivity contribution in [2.75, 3.05) is 7.05 Å². The number of nitrogens with one attached hydrogen (secondary N) is 2. The standard InChI is InChI=1S/C14H18N4O.HI/c1-11(12-6-4-3-5-7-12)17-14(15-2)16-10-13-8-9-19-18-13;/h3-9,11H,10H2,1-2H3,(H2,15,16,17);1H. The highest BCUT2D eigenvalue weighted by Crippen LogP contribution is 2.10. The first-order valence-electron chi connectivity index (χ1n) is 6.21.